The maximum atomic E-state index is 12.9. The number of rotatable bonds is 1. The second-order valence-corrected chi connectivity index (χ2v) is 3.98. The molecule has 1 saturated heterocycles. The van der Waals surface area contributed by atoms with Crippen molar-refractivity contribution >= 4 is 17.2 Å². The molecule has 0 spiro atoms. The van der Waals surface area contributed by atoms with Crippen LogP contribution in [-0.4, -0.2) is 29.9 Å². The molecule has 0 radical (unpaired) electrons. The molecule has 1 fully saturated rings. The number of nitrogens with two attached hydrogens (primary N) is 1. The van der Waals surface area contributed by atoms with Crippen molar-refractivity contribution in [3.8, 4) is 0 Å². The summed E-state index contributed by atoms with van der Waals surface area (Å²) in [6.45, 7) is 1.08. The topological polar surface area (TPSA) is 46.3 Å². The van der Waals surface area contributed by atoms with Crippen LogP contribution < -0.4 is 5.73 Å². The molecule has 3 nitrogen and oxygen atoms in total. The van der Waals surface area contributed by atoms with E-state index in [1.165, 1.54) is 6.07 Å². The van der Waals surface area contributed by atoms with Gasteiger partial charge in [0.25, 0.3) is 5.91 Å². The standard InChI is InChI=1S/C8H9FN2OS/c9-6-1-2-13-7(6)8(12)11-3-5(10)4-11/h1-2,5H,3-4,10H2. The lowest BCUT2D eigenvalue weighted by Crippen LogP contribution is -2.57. The maximum absolute atomic E-state index is 12.9. The average molecular weight is 200 g/mol. The minimum Gasteiger partial charge on any atom is -0.335 e. The number of hydrogen-bond acceptors (Lipinski definition) is 3. The van der Waals surface area contributed by atoms with Gasteiger partial charge in [0.2, 0.25) is 0 Å². The van der Waals surface area contributed by atoms with E-state index in [4.69, 9.17) is 5.73 Å². The van der Waals surface area contributed by atoms with Crippen molar-refractivity contribution < 1.29 is 9.18 Å². The normalized spacial score (nSPS) is 17.2. The minimum atomic E-state index is -0.435. The Kier molecular flexibility index (Phi) is 2.05. The van der Waals surface area contributed by atoms with Gasteiger partial charge in [-0.25, -0.2) is 4.39 Å². The molecule has 1 aromatic heterocycles. The van der Waals surface area contributed by atoms with Crippen LogP contribution in [0.5, 0.6) is 0 Å². The first-order valence-electron chi connectivity index (χ1n) is 3.96. The summed E-state index contributed by atoms with van der Waals surface area (Å²) in [7, 11) is 0. The third-order valence-corrected chi connectivity index (χ3v) is 2.89. The lowest BCUT2D eigenvalue weighted by Gasteiger charge is -2.36. The fraction of sp³-hybridized carbons (Fsp3) is 0.375. The van der Waals surface area contributed by atoms with Crippen molar-refractivity contribution in [3.05, 3.63) is 22.1 Å². The number of amides is 1. The third-order valence-electron chi connectivity index (χ3n) is 2.01. The first-order chi connectivity index (χ1) is 6.18. The predicted molar refractivity (Wildman–Crippen MR) is 48.2 cm³/mol. The van der Waals surface area contributed by atoms with Crippen molar-refractivity contribution in [2.45, 2.75) is 6.04 Å². The summed E-state index contributed by atoms with van der Waals surface area (Å²) >= 11 is 1.13. The highest BCUT2D eigenvalue weighted by Crippen LogP contribution is 2.19. The van der Waals surface area contributed by atoms with E-state index in [1.54, 1.807) is 10.3 Å². The van der Waals surface area contributed by atoms with E-state index in [0.29, 0.717) is 13.1 Å². The molecule has 2 rings (SSSR count). The number of halogens is 1. The summed E-state index contributed by atoms with van der Waals surface area (Å²) in [5, 5.41) is 1.57. The molecule has 1 aliphatic heterocycles. The predicted octanol–water partition coefficient (Wildman–Crippen LogP) is 0.670. The van der Waals surface area contributed by atoms with Crippen molar-refractivity contribution in [1.82, 2.24) is 4.90 Å². The molecule has 0 unspecified atom stereocenters. The first kappa shape index (κ1) is 8.65. The lowest BCUT2D eigenvalue weighted by molar-refractivity contribution is 0.0609. The molecule has 2 heterocycles. The zero-order chi connectivity index (χ0) is 9.42. The highest BCUT2D eigenvalue weighted by molar-refractivity contribution is 7.12. The van der Waals surface area contributed by atoms with Gasteiger partial charge in [0.15, 0.2) is 0 Å². The highest BCUT2D eigenvalue weighted by Gasteiger charge is 2.30. The summed E-state index contributed by atoms with van der Waals surface area (Å²) in [5.41, 5.74) is 5.51. The molecule has 0 aliphatic carbocycles. The van der Waals surface area contributed by atoms with Crippen molar-refractivity contribution in [2.75, 3.05) is 13.1 Å². The summed E-state index contributed by atoms with van der Waals surface area (Å²) in [4.78, 5) is 13.2. The molecule has 5 heteroatoms. The van der Waals surface area contributed by atoms with Gasteiger partial charge >= 0.3 is 0 Å². The molecule has 1 aromatic rings. The van der Waals surface area contributed by atoms with Crippen LogP contribution >= 0.6 is 11.3 Å². The van der Waals surface area contributed by atoms with E-state index in [9.17, 15) is 9.18 Å². The third kappa shape index (κ3) is 1.45. The molecule has 0 bridgehead atoms. The van der Waals surface area contributed by atoms with E-state index < -0.39 is 5.82 Å². The van der Waals surface area contributed by atoms with Gasteiger partial charge in [0.05, 0.1) is 0 Å². The Morgan fingerprint density at radius 2 is 2.38 bits per heavy atom. The molecular formula is C8H9FN2OS. The molecule has 70 valence electrons. The maximum Gasteiger partial charge on any atom is 0.267 e. The Hall–Kier alpha value is -0.940. The Morgan fingerprint density at radius 1 is 1.69 bits per heavy atom. The van der Waals surface area contributed by atoms with Crippen LogP contribution in [0.15, 0.2) is 11.4 Å². The number of likely N-dealkylation sites (tertiary alicyclic amines) is 1. The summed E-state index contributed by atoms with van der Waals surface area (Å²) < 4.78 is 12.9. The van der Waals surface area contributed by atoms with Crippen LogP contribution in [0.1, 0.15) is 9.67 Å². The largest absolute Gasteiger partial charge is 0.335 e. The molecular weight excluding hydrogens is 191 g/mol. The van der Waals surface area contributed by atoms with Gasteiger partial charge in [-0.15, -0.1) is 11.3 Å². The SMILES string of the molecule is NC1CN(C(=O)c2sccc2F)C1. The summed E-state index contributed by atoms with van der Waals surface area (Å²) in [6, 6.07) is 1.37. The quantitative estimate of drug-likeness (QED) is 0.724. The van der Waals surface area contributed by atoms with E-state index in [0.717, 1.165) is 11.3 Å². The molecule has 0 atom stereocenters. The molecule has 1 aliphatic rings. The van der Waals surface area contributed by atoms with E-state index >= 15 is 0 Å². The van der Waals surface area contributed by atoms with Crippen LogP contribution in [0.2, 0.25) is 0 Å². The fourth-order valence-corrected chi connectivity index (χ4v) is 2.00. The van der Waals surface area contributed by atoms with Crippen LogP contribution in [-0.2, 0) is 0 Å². The van der Waals surface area contributed by atoms with Crippen LogP contribution in [0.25, 0.3) is 0 Å². The van der Waals surface area contributed by atoms with Crippen molar-refractivity contribution in [3.63, 3.8) is 0 Å². The van der Waals surface area contributed by atoms with Gasteiger partial charge in [0, 0.05) is 19.1 Å². The molecule has 0 saturated carbocycles. The molecule has 0 aromatic carbocycles. The van der Waals surface area contributed by atoms with Gasteiger partial charge in [0.1, 0.15) is 10.7 Å². The van der Waals surface area contributed by atoms with E-state index in [1.807, 2.05) is 0 Å². The van der Waals surface area contributed by atoms with Gasteiger partial charge in [-0.2, -0.15) is 0 Å². The zero-order valence-corrected chi connectivity index (χ0v) is 7.68. The van der Waals surface area contributed by atoms with E-state index in [2.05, 4.69) is 0 Å². The lowest BCUT2D eigenvalue weighted by atomic mass is 10.1. The Morgan fingerprint density at radius 3 is 2.85 bits per heavy atom. The monoisotopic (exact) mass is 200 g/mol. The first-order valence-corrected chi connectivity index (χ1v) is 4.84. The summed E-state index contributed by atoms with van der Waals surface area (Å²) in [6.07, 6.45) is 0. The Bertz CT molecular complexity index is 333. The zero-order valence-electron chi connectivity index (χ0n) is 6.87. The Balaban J connectivity index is 2.10. The van der Waals surface area contributed by atoms with Crippen LogP contribution in [0, 0.1) is 5.82 Å². The van der Waals surface area contributed by atoms with Gasteiger partial charge in [-0.3, -0.25) is 4.79 Å². The molecule has 2 N–H and O–H groups in total. The smallest absolute Gasteiger partial charge is 0.267 e. The summed E-state index contributed by atoms with van der Waals surface area (Å²) in [5.74, 6) is -0.676. The van der Waals surface area contributed by atoms with E-state index in [-0.39, 0.29) is 16.8 Å². The number of thiophene rings is 1. The number of hydrogen-bond donors (Lipinski definition) is 1. The second-order valence-electron chi connectivity index (χ2n) is 3.07. The highest BCUT2D eigenvalue weighted by atomic mass is 32.1. The molecule has 13 heavy (non-hydrogen) atoms. The van der Waals surface area contributed by atoms with Crippen LogP contribution in [0.3, 0.4) is 0 Å². The second kappa shape index (κ2) is 3.08. The number of nitrogens with zero attached hydrogens (tertiary/aromatic N) is 1. The van der Waals surface area contributed by atoms with Gasteiger partial charge in [-0.05, 0) is 11.4 Å². The van der Waals surface area contributed by atoms with Gasteiger partial charge in [-0.1, -0.05) is 0 Å². The minimum absolute atomic E-state index is 0.0620. The Labute approximate surface area is 79.0 Å². The van der Waals surface area contributed by atoms with Crippen molar-refractivity contribution in [2.24, 2.45) is 5.73 Å². The molecule has 1 amide bonds. The number of carbonyl (C=O) groups excluding carboxylic acids is 1. The fourth-order valence-electron chi connectivity index (χ4n) is 1.27. The van der Waals surface area contributed by atoms with Crippen LogP contribution in [0.4, 0.5) is 4.39 Å². The number of carbonyl (C=O) groups is 1. The average Bonchev–Trinajstić information content (AvgIpc) is 2.44. The van der Waals surface area contributed by atoms with Gasteiger partial charge < -0.3 is 10.6 Å². The van der Waals surface area contributed by atoms with Crippen molar-refractivity contribution in [1.29, 1.82) is 0 Å².